The standard InChI is InChI=1S/C13H10FNO3S/c1-7(16)8-4-12(19-6-8)13(18)15-11-3-2-9(17)5-10(11)14/h2-6,17H,1H3,(H,15,18). The lowest BCUT2D eigenvalue weighted by molar-refractivity contribution is 0.101. The average Bonchev–Trinajstić information content (AvgIpc) is 2.82. The van der Waals surface area contributed by atoms with Crippen molar-refractivity contribution >= 4 is 28.7 Å². The van der Waals surface area contributed by atoms with Gasteiger partial charge in [0, 0.05) is 17.0 Å². The first kappa shape index (κ1) is 13.2. The van der Waals surface area contributed by atoms with Gasteiger partial charge in [0.1, 0.15) is 11.6 Å². The van der Waals surface area contributed by atoms with Crippen LogP contribution >= 0.6 is 11.3 Å². The van der Waals surface area contributed by atoms with Gasteiger partial charge < -0.3 is 10.4 Å². The van der Waals surface area contributed by atoms with Gasteiger partial charge in [-0.3, -0.25) is 9.59 Å². The zero-order valence-electron chi connectivity index (χ0n) is 9.94. The van der Waals surface area contributed by atoms with Gasteiger partial charge in [0.2, 0.25) is 0 Å². The molecule has 0 radical (unpaired) electrons. The summed E-state index contributed by atoms with van der Waals surface area (Å²) in [6.45, 7) is 1.41. The van der Waals surface area contributed by atoms with E-state index >= 15 is 0 Å². The number of hydrogen-bond donors (Lipinski definition) is 2. The van der Waals surface area contributed by atoms with Crippen LogP contribution in [0.15, 0.2) is 29.6 Å². The van der Waals surface area contributed by atoms with Gasteiger partial charge in [-0.05, 0) is 25.1 Å². The van der Waals surface area contributed by atoms with Crippen molar-refractivity contribution < 1.29 is 19.1 Å². The predicted molar refractivity (Wildman–Crippen MR) is 70.3 cm³/mol. The fourth-order valence-electron chi connectivity index (χ4n) is 1.43. The van der Waals surface area contributed by atoms with E-state index in [-0.39, 0.29) is 17.2 Å². The molecular weight excluding hydrogens is 269 g/mol. The van der Waals surface area contributed by atoms with Crippen molar-refractivity contribution in [3.63, 3.8) is 0 Å². The first-order valence-electron chi connectivity index (χ1n) is 5.36. The third kappa shape index (κ3) is 2.97. The Morgan fingerprint density at radius 2 is 2.05 bits per heavy atom. The molecule has 0 aliphatic carbocycles. The molecule has 0 aliphatic heterocycles. The van der Waals surface area contributed by atoms with Crippen molar-refractivity contribution in [1.82, 2.24) is 0 Å². The summed E-state index contributed by atoms with van der Waals surface area (Å²) >= 11 is 1.11. The Balaban J connectivity index is 2.18. The highest BCUT2D eigenvalue weighted by molar-refractivity contribution is 7.12. The number of hydrogen-bond acceptors (Lipinski definition) is 4. The molecule has 0 fully saturated rings. The molecule has 98 valence electrons. The summed E-state index contributed by atoms with van der Waals surface area (Å²) in [6.07, 6.45) is 0. The fraction of sp³-hybridized carbons (Fsp3) is 0.0769. The van der Waals surface area contributed by atoms with E-state index in [0.29, 0.717) is 10.4 Å². The maximum absolute atomic E-state index is 13.4. The number of amides is 1. The SMILES string of the molecule is CC(=O)c1csc(C(=O)Nc2ccc(O)cc2F)c1. The Kier molecular flexibility index (Phi) is 3.62. The summed E-state index contributed by atoms with van der Waals surface area (Å²) in [5, 5.41) is 13.0. The molecule has 6 heteroatoms. The van der Waals surface area contributed by atoms with E-state index in [4.69, 9.17) is 5.11 Å². The maximum Gasteiger partial charge on any atom is 0.265 e. The summed E-state index contributed by atoms with van der Waals surface area (Å²) in [4.78, 5) is 23.3. The number of carbonyl (C=O) groups is 2. The van der Waals surface area contributed by atoms with Crippen molar-refractivity contribution in [2.75, 3.05) is 5.32 Å². The molecule has 1 amide bonds. The van der Waals surface area contributed by atoms with E-state index in [2.05, 4.69) is 5.32 Å². The number of carbonyl (C=O) groups excluding carboxylic acids is 2. The molecule has 0 spiro atoms. The molecule has 0 saturated heterocycles. The second kappa shape index (κ2) is 5.19. The minimum atomic E-state index is -0.725. The minimum Gasteiger partial charge on any atom is -0.508 e. The van der Waals surface area contributed by atoms with Crippen molar-refractivity contribution in [3.05, 3.63) is 45.9 Å². The van der Waals surface area contributed by atoms with Crippen LogP contribution in [0.2, 0.25) is 0 Å². The molecule has 4 nitrogen and oxygen atoms in total. The van der Waals surface area contributed by atoms with Crippen molar-refractivity contribution in [2.45, 2.75) is 6.92 Å². The number of phenols is 1. The second-order valence-electron chi connectivity index (χ2n) is 3.87. The third-order valence-electron chi connectivity index (χ3n) is 2.43. The Morgan fingerprint density at radius 3 is 2.63 bits per heavy atom. The summed E-state index contributed by atoms with van der Waals surface area (Å²) in [7, 11) is 0. The smallest absolute Gasteiger partial charge is 0.265 e. The van der Waals surface area contributed by atoms with Crippen LogP contribution < -0.4 is 5.32 Å². The summed E-state index contributed by atoms with van der Waals surface area (Å²) in [5.41, 5.74) is 0.418. The molecule has 0 bridgehead atoms. The molecular formula is C13H10FNO3S. The van der Waals surface area contributed by atoms with Crippen LogP contribution in [-0.4, -0.2) is 16.8 Å². The molecule has 2 aromatic rings. The lowest BCUT2D eigenvalue weighted by Crippen LogP contribution is -2.11. The molecule has 0 unspecified atom stereocenters. The maximum atomic E-state index is 13.4. The predicted octanol–water partition coefficient (Wildman–Crippen LogP) is 3.05. The second-order valence-corrected chi connectivity index (χ2v) is 4.79. The number of phenolic OH excluding ortho intramolecular Hbond substituents is 1. The molecule has 0 aliphatic rings. The highest BCUT2D eigenvalue weighted by Crippen LogP contribution is 2.22. The van der Waals surface area contributed by atoms with Crippen LogP contribution in [0.5, 0.6) is 5.75 Å². The van der Waals surface area contributed by atoms with Gasteiger partial charge in [-0.2, -0.15) is 0 Å². The van der Waals surface area contributed by atoms with E-state index in [1.54, 1.807) is 5.38 Å². The Bertz CT molecular complexity index is 651. The highest BCUT2D eigenvalue weighted by atomic mass is 32.1. The molecule has 1 heterocycles. The van der Waals surface area contributed by atoms with E-state index in [0.717, 1.165) is 17.4 Å². The Labute approximate surface area is 112 Å². The zero-order chi connectivity index (χ0) is 14.0. The van der Waals surface area contributed by atoms with E-state index in [1.165, 1.54) is 25.1 Å². The normalized spacial score (nSPS) is 10.2. The number of halogens is 1. The van der Waals surface area contributed by atoms with Crippen molar-refractivity contribution in [1.29, 1.82) is 0 Å². The minimum absolute atomic E-state index is 0.0272. The van der Waals surface area contributed by atoms with Gasteiger partial charge in [-0.25, -0.2) is 4.39 Å². The Hall–Kier alpha value is -2.21. The number of Topliss-reactive ketones (excluding diaryl/α,β-unsaturated/α-hetero) is 1. The first-order chi connectivity index (χ1) is 8.97. The van der Waals surface area contributed by atoms with Gasteiger partial charge in [0.05, 0.1) is 10.6 Å². The molecule has 1 aromatic heterocycles. The molecule has 2 rings (SSSR count). The van der Waals surface area contributed by atoms with Gasteiger partial charge in [-0.1, -0.05) is 0 Å². The van der Waals surface area contributed by atoms with E-state index in [9.17, 15) is 14.0 Å². The van der Waals surface area contributed by atoms with Crippen LogP contribution in [0.1, 0.15) is 27.0 Å². The Morgan fingerprint density at radius 1 is 1.32 bits per heavy atom. The van der Waals surface area contributed by atoms with Crippen LogP contribution in [0.4, 0.5) is 10.1 Å². The number of aromatic hydroxyl groups is 1. The molecule has 0 atom stereocenters. The van der Waals surface area contributed by atoms with E-state index < -0.39 is 11.7 Å². The monoisotopic (exact) mass is 279 g/mol. The summed E-state index contributed by atoms with van der Waals surface area (Å²) in [5.74, 6) is -1.57. The molecule has 19 heavy (non-hydrogen) atoms. The van der Waals surface area contributed by atoms with Crippen LogP contribution in [0.3, 0.4) is 0 Å². The lowest BCUT2D eigenvalue weighted by atomic mass is 10.2. The van der Waals surface area contributed by atoms with E-state index in [1.807, 2.05) is 0 Å². The topological polar surface area (TPSA) is 66.4 Å². The summed E-state index contributed by atoms with van der Waals surface area (Å²) in [6, 6.07) is 4.90. The number of anilines is 1. The van der Waals surface area contributed by atoms with Gasteiger partial charge in [0.15, 0.2) is 5.78 Å². The van der Waals surface area contributed by atoms with Crippen molar-refractivity contribution in [3.8, 4) is 5.75 Å². The first-order valence-corrected chi connectivity index (χ1v) is 6.24. The van der Waals surface area contributed by atoms with Crippen LogP contribution in [0.25, 0.3) is 0 Å². The average molecular weight is 279 g/mol. The number of thiophene rings is 1. The van der Waals surface area contributed by atoms with Gasteiger partial charge >= 0.3 is 0 Å². The molecule has 0 saturated carbocycles. The molecule has 1 aromatic carbocycles. The van der Waals surface area contributed by atoms with Gasteiger partial charge in [-0.15, -0.1) is 11.3 Å². The third-order valence-corrected chi connectivity index (χ3v) is 3.36. The number of ketones is 1. The lowest BCUT2D eigenvalue weighted by Gasteiger charge is -2.05. The zero-order valence-corrected chi connectivity index (χ0v) is 10.8. The van der Waals surface area contributed by atoms with Crippen molar-refractivity contribution in [2.24, 2.45) is 0 Å². The van der Waals surface area contributed by atoms with Crippen LogP contribution in [0, 0.1) is 5.82 Å². The fourth-order valence-corrected chi connectivity index (χ4v) is 2.27. The number of rotatable bonds is 3. The van der Waals surface area contributed by atoms with Crippen LogP contribution in [-0.2, 0) is 0 Å². The molecule has 2 N–H and O–H groups in total. The van der Waals surface area contributed by atoms with Gasteiger partial charge in [0.25, 0.3) is 5.91 Å². The number of benzene rings is 1. The largest absolute Gasteiger partial charge is 0.508 e. The number of nitrogens with one attached hydrogen (secondary N) is 1. The highest BCUT2D eigenvalue weighted by Gasteiger charge is 2.13. The quantitative estimate of drug-likeness (QED) is 0.670. The summed E-state index contributed by atoms with van der Waals surface area (Å²) < 4.78 is 13.4.